The molecular weight excluding hydrogens is 688 g/mol. The molecule has 1 aliphatic carbocycles. The fraction of sp³-hybridized carbons (Fsp3) is 0.188. The van der Waals surface area contributed by atoms with Crippen molar-refractivity contribution in [1.29, 1.82) is 0 Å². The minimum absolute atomic E-state index is 0.285. The monoisotopic (exact) mass is 710 g/mol. The van der Waals surface area contributed by atoms with Crippen molar-refractivity contribution in [3.8, 4) is 0 Å². The molecule has 4 unspecified atom stereocenters. The molecule has 4 atom stereocenters. The minimum Gasteiger partial charge on any atom is -0.454 e. The van der Waals surface area contributed by atoms with E-state index in [4.69, 9.17) is 9.47 Å². The summed E-state index contributed by atoms with van der Waals surface area (Å²) in [6, 6.07) is 27.7. The molecular formula is C32H25Br3O4. The van der Waals surface area contributed by atoms with Gasteiger partial charge in [0.05, 0.1) is 17.0 Å². The number of esters is 2. The Morgan fingerprint density at radius 3 is 1.62 bits per heavy atom. The van der Waals surface area contributed by atoms with Crippen LogP contribution in [0.1, 0.15) is 61.7 Å². The maximum atomic E-state index is 13.5. The smallest absolute Gasteiger partial charge is 0.338 e. The van der Waals surface area contributed by atoms with E-state index in [0.717, 1.165) is 35.7 Å². The third kappa shape index (κ3) is 5.49. The molecule has 0 bridgehead atoms. The van der Waals surface area contributed by atoms with E-state index in [1.807, 2.05) is 56.3 Å². The summed E-state index contributed by atoms with van der Waals surface area (Å²) in [5, 5.41) is 0. The maximum Gasteiger partial charge on any atom is 0.338 e. The van der Waals surface area contributed by atoms with Gasteiger partial charge >= 0.3 is 11.9 Å². The van der Waals surface area contributed by atoms with Crippen LogP contribution < -0.4 is 0 Å². The number of carbonyl (C=O) groups is 2. The molecule has 0 aliphatic heterocycles. The summed E-state index contributed by atoms with van der Waals surface area (Å²) in [6.07, 6.45) is -1.57. The number of carbonyl (C=O) groups excluding carboxylic acids is 2. The number of ether oxygens (including phenoxy) is 2. The van der Waals surface area contributed by atoms with E-state index in [1.165, 1.54) is 0 Å². The number of fused-ring (bicyclic) bond motifs is 1. The Labute approximate surface area is 253 Å². The summed E-state index contributed by atoms with van der Waals surface area (Å²) in [4.78, 5) is 26.9. The first kappa shape index (κ1) is 27.8. The molecule has 4 aromatic carbocycles. The van der Waals surface area contributed by atoms with Crippen molar-refractivity contribution in [3.05, 3.63) is 138 Å². The van der Waals surface area contributed by atoms with Gasteiger partial charge in [-0.25, -0.2) is 9.59 Å². The van der Waals surface area contributed by atoms with Crippen molar-refractivity contribution >= 4 is 59.7 Å². The van der Waals surface area contributed by atoms with Crippen molar-refractivity contribution < 1.29 is 19.1 Å². The molecule has 4 aromatic rings. The van der Waals surface area contributed by atoms with Gasteiger partial charge in [-0.15, -0.1) is 0 Å². The van der Waals surface area contributed by atoms with Gasteiger partial charge in [0.1, 0.15) is 6.10 Å². The van der Waals surface area contributed by atoms with Gasteiger partial charge in [-0.3, -0.25) is 0 Å². The van der Waals surface area contributed by atoms with Crippen LogP contribution in [0.5, 0.6) is 0 Å². The third-order valence-electron chi connectivity index (χ3n) is 7.18. The first-order valence-corrected chi connectivity index (χ1v) is 14.9. The molecule has 0 aromatic heterocycles. The van der Waals surface area contributed by atoms with Gasteiger partial charge in [0.2, 0.25) is 0 Å². The van der Waals surface area contributed by atoms with Crippen LogP contribution in [0.15, 0.2) is 104 Å². The molecule has 0 saturated heterocycles. The number of hydrogen-bond donors (Lipinski definition) is 0. The summed E-state index contributed by atoms with van der Waals surface area (Å²) in [6.45, 7) is 4.04. The summed E-state index contributed by atoms with van der Waals surface area (Å²) >= 11 is 11.3. The van der Waals surface area contributed by atoms with Crippen LogP contribution in [-0.4, -0.2) is 24.1 Å². The number of aryl methyl sites for hydroxylation is 1. The Kier molecular flexibility index (Phi) is 8.40. The zero-order valence-electron chi connectivity index (χ0n) is 21.2. The fourth-order valence-corrected chi connectivity index (χ4v) is 7.36. The van der Waals surface area contributed by atoms with Crippen LogP contribution in [0.25, 0.3) is 0 Å². The average Bonchev–Trinajstić information content (AvgIpc) is 2.94. The molecule has 0 amide bonds. The van der Waals surface area contributed by atoms with Crippen LogP contribution in [0.2, 0.25) is 0 Å². The third-order valence-corrected chi connectivity index (χ3v) is 9.25. The molecule has 0 saturated carbocycles. The minimum atomic E-state index is -0.809. The molecule has 0 spiro atoms. The summed E-state index contributed by atoms with van der Waals surface area (Å²) in [5.74, 6) is -1.66. The summed E-state index contributed by atoms with van der Waals surface area (Å²) in [7, 11) is 0. The van der Waals surface area contributed by atoms with E-state index in [9.17, 15) is 9.59 Å². The lowest BCUT2D eigenvalue weighted by Crippen LogP contribution is -2.47. The maximum absolute atomic E-state index is 13.5. The highest BCUT2D eigenvalue weighted by Crippen LogP contribution is 2.52. The van der Waals surface area contributed by atoms with E-state index < -0.39 is 30.1 Å². The highest BCUT2D eigenvalue weighted by atomic mass is 79.9. The van der Waals surface area contributed by atoms with E-state index in [1.54, 1.807) is 48.5 Å². The van der Waals surface area contributed by atoms with E-state index in [0.29, 0.717) is 11.1 Å². The zero-order valence-corrected chi connectivity index (χ0v) is 26.0. The second-order valence-corrected chi connectivity index (χ2v) is 12.1. The standard InChI is InChI=1S/C32H25Br3O4/c1-18-10-9-15-22(33)25(18)28-27-24(35)17-16-23(34)26(27)19(2)29(38-31(36)20-11-5-3-6-12-20)30(28)39-32(37)21-13-7-4-8-14-21/h3-17,19,28-30H,1-2H3. The normalized spacial score (nSPS) is 20.1. The van der Waals surface area contributed by atoms with E-state index in [2.05, 4.69) is 47.8 Å². The first-order valence-electron chi connectivity index (χ1n) is 12.5. The van der Waals surface area contributed by atoms with Gasteiger partial charge in [-0.2, -0.15) is 0 Å². The van der Waals surface area contributed by atoms with E-state index >= 15 is 0 Å². The van der Waals surface area contributed by atoms with Crippen LogP contribution >= 0.6 is 47.8 Å². The van der Waals surface area contributed by atoms with Crippen molar-refractivity contribution in [2.75, 3.05) is 0 Å². The number of hydrogen-bond acceptors (Lipinski definition) is 4. The lowest BCUT2D eigenvalue weighted by molar-refractivity contribution is -0.0535. The van der Waals surface area contributed by atoms with Crippen LogP contribution in [0, 0.1) is 6.92 Å². The summed E-state index contributed by atoms with van der Waals surface area (Å²) in [5.41, 5.74) is 4.85. The quantitative estimate of drug-likeness (QED) is 0.194. The van der Waals surface area contributed by atoms with Gasteiger partial charge in [0.25, 0.3) is 0 Å². The summed E-state index contributed by atoms with van der Waals surface area (Å²) < 4.78 is 15.3. The van der Waals surface area contributed by atoms with Gasteiger partial charge in [0, 0.05) is 19.3 Å². The van der Waals surface area contributed by atoms with E-state index in [-0.39, 0.29) is 5.92 Å². The van der Waals surface area contributed by atoms with Crippen LogP contribution in [0.3, 0.4) is 0 Å². The van der Waals surface area contributed by atoms with Gasteiger partial charge < -0.3 is 9.47 Å². The predicted molar refractivity (Wildman–Crippen MR) is 162 cm³/mol. The van der Waals surface area contributed by atoms with Crippen molar-refractivity contribution in [3.63, 3.8) is 0 Å². The van der Waals surface area contributed by atoms with Crippen LogP contribution in [0.4, 0.5) is 0 Å². The SMILES string of the molecule is Cc1cccc(Br)c1C1c2c(Br)ccc(Br)c2C(C)C(OC(=O)c2ccccc2)C1OC(=O)c1ccccc1. The van der Waals surface area contributed by atoms with Gasteiger partial charge in [-0.05, 0) is 71.6 Å². The molecule has 1 aliphatic rings. The lowest BCUT2D eigenvalue weighted by atomic mass is 9.70. The lowest BCUT2D eigenvalue weighted by Gasteiger charge is -2.43. The Bertz CT molecular complexity index is 1500. The predicted octanol–water partition coefficient (Wildman–Crippen LogP) is 8.98. The van der Waals surface area contributed by atoms with Crippen molar-refractivity contribution in [2.45, 2.75) is 37.9 Å². The number of rotatable bonds is 5. The molecule has 0 N–H and O–H groups in total. The van der Waals surface area contributed by atoms with Crippen molar-refractivity contribution in [1.82, 2.24) is 0 Å². The highest BCUT2D eigenvalue weighted by molar-refractivity contribution is 9.11. The molecule has 0 fully saturated rings. The number of benzene rings is 4. The van der Waals surface area contributed by atoms with Gasteiger partial charge in [-0.1, -0.05) is 103 Å². The molecule has 4 nitrogen and oxygen atoms in total. The fourth-order valence-electron chi connectivity index (χ4n) is 5.35. The topological polar surface area (TPSA) is 52.6 Å². The Balaban J connectivity index is 1.71. The molecule has 39 heavy (non-hydrogen) atoms. The average molecular weight is 713 g/mol. The Hall–Kier alpha value is -2.74. The van der Waals surface area contributed by atoms with Gasteiger partial charge in [0.15, 0.2) is 6.10 Å². The number of halogens is 3. The second kappa shape index (κ2) is 11.8. The molecule has 7 heteroatoms. The highest BCUT2D eigenvalue weighted by Gasteiger charge is 2.49. The second-order valence-electron chi connectivity index (χ2n) is 9.57. The molecule has 0 radical (unpaired) electrons. The largest absolute Gasteiger partial charge is 0.454 e. The first-order chi connectivity index (χ1) is 18.8. The molecule has 5 rings (SSSR count). The molecule has 198 valence electrons. The Morgan fingerprint density at radius 2 is 1.08 bits per heavy atom. The molecule has 0 heterocycles. The van der Waals surface area contributed by atoms with Crippen LogP contribution in [-0.2, 0) is 9.47 Å². The zero-order chi connectivity index (χ0) is 27.7. The van der Waals surface area contributed by atoms with Crippen molar-refractivity contribution in [2.24, 2.45) is 0 Å². The Morgan fingerprint density at radius 1 is 0.590 bits per heavy atom.